The summed E-state index contributed by atoms with van der Waals surface area (Å²) in [5, 5.41) is 1.08. The van der Waals surface area contributed by atoms with Crippen molar-refractivity contribution >= 4 is 77.2 Å². The molecule has 1 aliphatic heterocycles. The predicted octanol–water partition coefficient (Wildman–Crippen LogP) is 8.35. The van der Waals surface area contributed by atoms with Crippen LogP contribution in [0.4, 0.5) is 0 Å². The maximum Gasteiger partial charge on any atom is 0.434 e. The van der Waals surface area contributed by atoms with Crippen LogP contribution in [-0.4, -0.2) is 6.16 Å². The Morgan fingerprint density at radius 2 is 1.31 bits per heavy atom. The first kappa shape index (κ1) is 20.5. The molecule has 1 heterocycles. The summed E-state index contributed by atoms with van der Waals surface area (Å²) in [5.41, 5.74) is 0.802. The van der Waals surface area contributed by atoms with E-state index in [1.165, 1.54) is 18.2 Å². The van der Waals surface area contributed by atoms with Crippen LogP contribution in [0.25, 0.3) is 0 Å². The number of benzene rings is 2. The lowest BCUT2D eigenvalue weighted by Gasteiger charge is -2.27. The van der Waals surface area contributed by atoms with Crippen LogP contribution in [0.3, 0.4) is 0 Å². The van der Waals surface area contributed by atoms with Crippen LogP contribution in [0.1, 0.15) is 11.1 Å². The molecule has 0 aliphatic carbocycles. The fourth-order valence-electron chi connectivity index (χ4n) is 2.48. The molecule has 0 N–H and O–H groups in total. The second-order valence-electron chi connectivity index (χ2n) is 5.37. The van der Waals surface area contributed by atoms with E-state index in [0.717, 1.165) is 0 Å². The molecule has 2 aromatic carbocycles. The molecule has 2 aromatic rings. The fraction of sp³-hybridized carbons (Fsp3) is 0.125. The van der Waals surface area contributed by atoms with Crippen molar-refractivity contribution in [3.8, 4) is 11.5 Å². The largest absolute Gasteiger partial charge is 0.434 e. The lowest BCUT2D eigenvalue weighted by atomic mass is 10.0. The third-order valence-corrected chi connectivity index (χ3v) is 7.45. The van der Waals surface area contributed by atoms with Gasteiger partial charge in [0, 0.05) is 17.5 Å². The first-order valence-electron chi connectivity index (χ1n) is 7.08. The van der Waals surface area contributed by atoms with E-state index in [2.05, 4.69) is 6.58 Å². The minimum Gasteiger partial charge on any atom is -0.414 e. The second kappa shape index (κ2) is 7.64. The summed E-state index contributed by atoms with van der Waals surface area (Å²) in [6, 6.07) is 2.80. The lowest BCUT2D eigenvalue weighted by Crippen LogP contribution is -2.11. The van der Waals surface area contributed by atoms with E-state index in [9.17, 15) is 4.57 Å². The maximum absolute atomic E-state index is 13.2. The normalized spacial score (nSPS) is 15.0. The molecular formula is C16H9Cl6O3P. The standard InChI is InChI=1S/C16H9Cl6O3P/c1-2-3-26(23)24-15-7(13(21)9(17)5-11(15)19)4-8-14(22)10(18)6-12(20)16(8)25-26/h2,5-6H,1,3-4H2. The lowest BCUT2D eigenvalue weighted by molar-refractivity contribution is 0.383. The molecule has 0 spiro atoms. The van der Waals surface area contributed by atoms with Crippen LogP contribution >= 0.6 is 77.2 Å². The first-order chi connectivity index (χ1) is 12.2. The molecule has 0 fully saturated rings. The van der Waals surface area contributed by atoms with Gasteiger partial charge in [0.2, 0.25) is 0 Å². The first-order valence-corrected chi connectivity index (χ1v) is 11.1. The molecule has 0 saturated carbocycles. The predicted molar refractivity (Wildman–Crippen MR) is 110 cm³/mol. The third-order valence-electron chi connectivity index (χ3n) is 3.61. The zero-order valence-corrected chi connectivity index (χ0v) is 18.2. The highest BCUT2D eigenvalue weighted by Gasteiger charge is 2.35. The van der Waals surface area contributed by atoms with E-state index in [1.807, 2.05) is 0 Å². The van der Waals surface area contributed by atoms with Gasteiger partial charge in [-0.3, -0.25) is 0 Å². The zero-order chi connectivity index (χ0) is 19.2. The highest BCUT2D eigenvalue weighted by atomic mass is 35.5. The fourth-order valence-corrected chi connectivity index (χ4v) is 5.56. The summed E-state index contributed by atoms with van der Waals surface area (Å²) >= 11 is 37.5. The van der Waals surface area contributed by atoms with Gasteiger partial charge in [0.25, 0.3) is 0 Å². The summed E-state index contributed by atoms with van der Waals surface area (Å²) in [6.45, 7) is 3.58. The molecule has 0 bridgehead atoms. The second-order valence-corrected chi connectivity index (χ2v) is 9.70. The minimum absolute atomic E-state index is 0.0982. The Kier molecular flexibility index (Phi) is 6.02. The van der Waals surface area contributed by atoms with Gasteiger partial charge in [-0.15, -0.1) is 6.58 Å². The number of hydrogen-bond acceptors (Lipinski definition) is 3. The molecular weight excluding hydrogens is 484 g/mol. The molecule has 0 radical (unpaired) electrons. The van der Waals surface area contributed by atoms with Crippen molar-refractivity contribution in [2.24, 2.45) is 0 Å². The van der Waals surface area contributed by atoms with Gasteiger partial charge in [0.1, 0.15) is 0 Å². The number of fused-ring (bicyclic) bond motifs is 2. The van der Waals surface area contributed by atoms with E-state index in [4.69, 9.17) is 78.7 Å². The van der Waals surface area contributed by atoms with Crippen molar-refractivity contribution in [3.05, 3.63) is 66.1 Å². The molecule has 26 heavy (non-hydrogen) atoms. The van der Waals surface area contributed by atoms with Crippen molar-refractivity contribution < 1.29 is 13.6 Å². The Balaban J connectivity index is 2.37. The van der Waals surface area contributed by atoms with Gasteiger partial charge in [-0.05, 0) is 12.1 Å². The number of halogens is 6. The van der Waals surface area contributed by atoms with Crippen molar-refractivity contribution in [2.45, 2.75) is 6.42 Å². The van der Waals surface area contributed by atoms with Crippen LogP contribution in [0.2, 0.25) is 30.1 Å². The molecule has 138 valence electrons. The van der Waals surface area contributed by atoms with E-state index in [-0.39, 0.29) is 54.2 Å². The molecule has 0 atom stereocenters. The Hall–Kier alpha value is -0.250. The highest BCUT2D eigenvalue weighted by Crippen LogP contribution is 2.57. The van der Waals surface area contributed by atoms with Crippen LogP contribution in [0.5, 0.6) is 11.5 Å². The van der Waals surface area contributed by atoms with E-state index in [0.29, 0.717) is 11.1 Å². The molecule has 10 heteroatoms. The Morgan fingerprint density at radius 1 is 0.885 bits per heavy atom. The van der Waals surface area contributed by atoms with Crippen LogP contribution in [-0.2, 0) is 11.0 Å². The maximum atomic E-state index is 13.2. The molecule has 3 rings (SSSR count). The molecule has 0 saturated heterocycles. The molecule has 0 unspecified atom stereocenters. The summed E-state index contributed by atoms with van der Waals surface area (Å²) in [5.74, 6) is 0.202. The van der Waals surface area contributed by atoms with Gasteiger partial charge in [0.15, 0.2) is 11.5 Å². The van der Waals surface area contributed by atoms with E-state index < -0.39 is 7.60 Å². The minimum atomic E-state index is -3.76. The van der Waals surface area contributed by atoms with Gasteiger partial charge in [-0.25, -0.2) is 4.57 Å². The summed E-state index contributed by atoms with van der Waals surface area (Å²) in [7, 11) is -3.76. The van der Waals surface area contributed by atoms with Crippen molar-refractivity contribution in [2.75, 3.05) is 6.16 Å². The smallest absolute Gasteiger partial charge is 0.414 e. The highest BCUT2D eigenvalue weighted by molar-refractivity contribution is 7.54. The number of hydrogen-bond donors (Lipinski definition) is 0. The van der Waals surface area contributed by atoms with Gasteiger partial charge in [-0.1, -0.05) is 75.7 Å². The van der Waals surface area contributed by atoms with Gasteiger partial charge in [-0.2, -0.15) is 0 Å². The molecule has 3 nitrogen and oxygen atoms in total. The van der Waals surface area contributed by atoms with Crippen molar-refractivity contribution in [3.63, 3.8) is 0 Å². The van der Waals surface area contributed by atoms with E-state index in [1.54, 1.807) is 0 Å². The average Bonchev–Trinajstić information content (AvgIpc) is 2.54. The topological polar surface area (TPSA) is 35.5 Å². The monoisotopic (exact) mass is 490 g/mol. The SMILES string of the molecule is C=CCP1(=O)Oc2c(Cl)cc(Cl)c(Cl)c2Cc2c(Cl)c(Cl)cc(Cl)c2O1. The van der Waals surface area contributed by atoms with Gasteiger partial charge in [0.05, 0.1) is 36.3 Å². The summed E-state index contributed by atoms with van der Waals surface area (Å²) in [6.07, 6.45) is 1.41. The zero-order valence-electron chi connectivity index (χ0n) is 12.8. The Morgan fingerprint density at radius 3 is 1.69 bits per heavy atom. The quantitative estimate of drug-likeness (QED) is 0.240. The summed E-state index contributed by atoms with van der Waals surface area (Å²) in [4.78, 5) is 0. The number of allylic oxidation sites excluding steroid dienone is 1. The van der Waals surface area contributed by atoms with Crippen LogP contribution < -0.4 is 9.05 Å². The van der Waals surface area contributed by atoms with Crippen LogP contribution in [0, 0.1) is 0 Å². The van der Waals surface area contributed by atoms with Gasteiger partial charge >= 0.3 is 7.60 Å². The third kappa shape index (κ3) is 3.69. The Labute approximate surface area is 180 Å². The van der Waals surface area contributed by atoms with Crippen molar-refractivity contribution in [1.82, 2.24) is 0 Å². The molecule has 0 amide bonds. The number of rotatable bonds is 2. The molecule has 1 aliphatic rings. The molecule has 0 aromatic heterocycles. The average molecular weight is 493 g/mol. The van der Waals surface area contributed by atoms with Crippen LogP contribution in [0.15, 0.2) is 24.8 Å². The van der Waals surface area contributed by atoms with Gasteiger partial charge < -0.3 is 9.05 Å². The Bertz CT molecular complexity index is 906. The van der Waals surface area contributed by atoms with E-state index >= 15 is 0 Å². The summed E-state index contributed by atoms with van der Waals surface area (Å²) < 4.78 is 24.6. The van der Waals surface area contributed by atoms with Crippen molar-refractivity contribution in [1.29, 1.82) is 0 Å².